The second-order valence-corrected chi connectivity index (χ2v) is 7.42. The van der Waals surface area contributed by atoms with Gasteiger partial charge in [0.15, 0.2) is 6.10 Å². The molecule has 2 aromatic heterocycles. The summed E-state index contributed by atoms with van der Waals surface area (Å²) in [5, 5.41) is 7.12. The smallest absolute Gasteiger partial charge is 0.269 e. The number of hydrogen-bond donors (Lipinski definition) is 2. The number of carbonyl (C=O) groups is 2. The van der Waals surface area contributed by atoms with Gasteiger partial charge < -0.3 is 15.4 Å². The number of anilines is 1. The zero-order valence-corrected chi connectivity index (χ0v) is 17.9. The van der Waals surface area contributed by atoms with Crippen LogP contribution in [0.25, 0.3) is 5.57 Å². The first-order valence-corrected chi connectivity index (χ1v) is 10.5. The summed E-state index contributed by atoms with van der Waals surface area (Å²) in [6.07, 6.45) is 3.57. The topological polar surface area (TPSA) is 106 Å². The lowest BCUT2D eigenvalue weighted by atomic mass is 10.1. The van der Waals surface area contributed by atoms with Gasteiger partial charge in [-0.1, -0.05) is 13.0 Å². The van der Waals surface area contributed by atoms with Crippen LogP contribution in [0.15, 0.2) is 30.5 Å². The maximum absolute atomic E-state index is 14.5. The molecule has 2 amide bonds. The van der Waals surface area contributed by atoms with Crippen molar-refractivity contribution in [3.05, 3.63) is 53.2 Å². The summed E-state index contributed by atoms with van der Waals surface area (Å²) in [5.41, 5.74) is 2.36. The Bertz CT molecular complexity index is 1070. The molecule has 0 aliphatic carbocycles. The van der Waals surface area contributed by atoms with E-state index in [2.05, 4.69) is 20.6 Å². The monoisotopic (exact) mass is 441 g/mol. The van der Waals surface area contributed by atoms with Crippen LogP contribution in [0.3, 0.4) is 0 Å². The maximum Gasteiger partial charge on any atom is 0.269 e. The number of aromatic nitrogens is 2. The molecular weight excluding hydrogens is 417 g/mol. The van der Waals surface area contributed by atoms with E-state index >= 15 is 0 Å². The molecule has 0 saturated carbocycles. The Morgan fingerprint density at radius 2 is 2.22 bits per heavy atom. The van der Waals surface area contributed by atoms with E-state index in [4.69, 9.17) is 9.57 Å². The van der Waals surface area contributed by atoms with Crippen LogP contribution < -0.4 is 15.4 Å². The van der Waals surface area contributed by atoms with Gasteiger partial charge in [-0.2, -0.15) is 9.45 Å². The Morgan fingerprint density at radius 3 is 2.91 bits per heavy atom. The molecule has 0 spiro atoms. The fourth-order valence-electron chi connectivity index (χ4n) is 3.47. The number of halogens is 1. The molecule has 2 aromatic rings. The third kappa shape index (κ3) is 4.61. The van der Waals surface area contributed by atoms with Gasteiger partial charge in [-0.05, 0) is 42.7 Å². The van der Waals surface area contributed by atoms with E-state index in [1.54, 1.807) is 24.3 Å². The predicted molar refractivity (Wildman–Crippen MR) is 114 cm³/mol. The fraction of sp³-hybridized carbons (Fsp3) is 0.364. The first-order valence-electron chi connectivity index (χ1n) is 10.5. The highest BCUT2D eigenvalue weighted by atomic mass is 19.1. The second kappa shape index (κ2) is 9.41. The van der Waals surface area contributed by atoms with Gasteiger partial charge in [-0.25, -0.2) is 9.97 Å². The van der Waals surface area contributed by atoms with E-state index in [1.807, 2.05) is 13.0 Å². The van der Waals surface area contributed by atoms with E-state index in [-0.39, 0.29) is 18.2 Å². The largest absolute Gasteiger partial charge is 0.463 e. The number of carbonyl (C=O) groups excluding carboxylic acids is 2. The maximum atomic E-state index is 14.5. The average Bonchev–Trinajstić information content (AvgIpc) is 2.79. The Labute approximate surface area is 184 Å². The van der Waals surface area contributed by atoms with Crippen LogP contribution in [0, 0.1) is 5.95 Å². The number of ether oxygens (including phenoxy) is 1. The van der Waals surface area contributed by atoms with E-state index < -0.39 is 18.0 Å². The van der Waals surface area contributed by atoms with Crippen molar-refractivity contribution in [2.75, 3.05) is 25.0 Å². The molecule has 0 radical (unpaired) electrons. The van der Waals surface area contributed by atoms with E-state index in [0.717, 1.165) is 5.56 Å². The summed E-state index contributed by atoms with van der Waals surface area (Å²) >= 11 is 0. The Hall–Kier alpha value is -3.37. The summed E-state index contributed by atoms with van der Waals surface area (Å²) in [6.45, 7) is 5.11. The van der Waals surface area contributed by atoms with Crippen molar-refractivity contribution >= 4 is 23.1 Å². The average molecular weight is 441 g/mol. The van der Waals surface area contributed by atoms with Gasteiger partial charge in [0.25, 0.3) is 11.8 Å². The summed E-state index contributed by atoms with van der Waals surface area (Å²) < 4.78 is 20.1. The second-order valence-electron chi connectivity index (χ2n) is 7.42. The molecule has 1 unspecified atom stereocenters. The van der Waals surface area contributed by atoms with Crippen LogP contribution >= 0.6 is 0 Å². The number of hydroxylamine groups is 2. The van der Waals surface area contributed by atoms with Crippen molar-refractivity contribution in [2.45, 2.75) is 32.9 Å². The molecule has 0 aromatic carbocycles. The van der Waals surface area contributed by atoms with Crippen molar-refractivity contribution in [3.8, 4) is 5.88 Å². The summed E-state index contributed by atoms with van der Waals surface area (Å²) in [5.74, 6) is -0.906. The van der Waals surface area contributed by atoms with Crippen molar-refractivity contribution < 1.29 is 23.6 Å². The lowest BCUT2D eigenvalue weighted by Gasteiger charge is -2.27. The van der Waals surface area contributed by atoms with Gasteiger partial charge in [-0.3, -0.25) is 14.4 Å². The zero-order chi connectivity index (χ0) is 22.7. The minimum Gasteiger partial charge on any atom is -0.463 e. The van der Waals surface area contributed by atoms with Crippen LogP contribution in [-0.4, -0.2) is 52.6 Å². The Balaban J connectivity index is 1.41. The highest BCUT2D eigenvalue weighted by Crippen LogP contribution is 2.29. The van der Waals surface area contributed by atoms with E-state index in [9.17, 15) is 14.0 Å². The first-order chi connectivity index (χ1) is 15.5. The molecule has 10 heteroatoms. The van der Waals surface area contributed by atoms with Gasteiger partial charge in [0.2, 0.25) is 11.8 Å². The van der Waals surface area contributed by atoms with Crippen LogP contribution in [0.2, 0.25) is 0 Å². The van der Waals surface area contributed by atoms with Crippen LogP contribution in [0.4, 0.5) is 10.1 Å². The summed E-state index contributed by atoms with van der Waals surface area (Å²) in [4.78, 5) is 37.7. The predicted octanol–water partition coefficient (Wildman–Crippen LogP) is 2.31. The van der Waals surface area contributed by atoms with E-state index in [0.29, 0.717) is 48.8 Å². The molecule has 32 heavy (non-hydrogen) atoms. The molecule has 4 heterocycles. The number of fused-ring (bicyclic) bond motifs is 1. The molecule has 0 saturated heterocycles. The molecule has 2 N–H and O–H groups in total. The SMILES string of the molecule is CCNC(=O)c1ccc(C2=CCN(Cc3cnc4c(c3)NC(=O)C(CC)O4)OC2)c(F)n1. The Morgan fingerprint density at radius 1 is 1.38 bits per heavy atom. The van der Waals surface area contributed by atoms with Crippen molar-refractivity contribution in [2.24, 2.45) is 0 Å². The highest BCUT2D eigenvalue weighted by molar-refractivity contribution is 5.97. The highest BCUT2D eigenvalue weighted by Gasteiger charge is 2.27. The fourth-order valence-corrected chi connectivity index (χ4v) is 3.47. The molecular formula is C22H24FN5O4. The van der Waals surface area contributed by atoms with Crippen LogP contribution in [0.1, 0.15) is 41.9 Å². The lowest BCUT2D eigenvalue weighted by molar-refractivity contribution is -0.150. The molecule has 2 aliphatic rings. The van der Waals surface area contributed by atoms with Gasteiger partial charge >= 0.3 is 0 Å². The number of nitrogens with one attached hydrogen (secondary N) is 2. The normalized spacial score (nSPS) is 18.3. The molecule has 168 valence electrons. The number of amides is 2. The number of nitrogens with zero attached hydrogens (tertiary/aromatic N) is 3. The minimum atomic E-state index is -0.711. The van der Waals surface area contributed by atoms with Crippen molar-refractivity contribution in [1.82, 2.24) is 20.3 Å². The van der Waals surface area contributed by atoms with Crippen molar-refractivity contribution in [1.29, 1.82) is 0 Å². The van der Waals surface area contributed by atoms with Crippen molar-refractivity contribution in [3.63, 3.8) is 0 Å². The molecule has 0 bridgehead atoms. The van der Waals surface area contributed by atoms with Gasteiger partial charge in [-0.15, -0.1) is 0 Å². The quantitative estimate of drug-likeness (QED) is 0.663. The zero-order valence-electron chi connectivity index (χ0n) is 17.9. The number of pyridine rings is 2. The molecule has 9 nitrogen and oxygen atoms in total. The lowest BCUT2D eigenvalue weighted by Crippen LogP contribution is -2.37. The van der Waals surface area contributed by atoms with Gasteiger partial charge in [0.05, 0.1) is 13.2 Å². The number of rotatable bonds is 6. The van der Waals surface area contributed by atoms with Gasteiger partial charge in [0.1, 0.15) is 11.4 Å². The summed E-state index contributed by atoms with van der Waals surface area (Å²) in [7, 11) is 0. The third-order valence-electron chi connectivity index (χ3n) is 5.15. The third-order valence-corrected chi connectivity index (χ3v) is 5.15. The van der Waals surface area contributed by atoms with Gasteiger partial charge in [0, 0.05) is 24.8 Å². The molecule has 2 aliphatic heterocycles. The van der Waals surface area contributed by atoms with E-state index in [1.165, 1.54) is 12.1 Å². The molecule has 4 rings (SSSR count). The van der Waals surface area contributed by atoms with Crippen LogP contribution in [-0.2, 0) is 16.2 Å². The first kappa shape index (κ1) is 21.8. The van der Waals surface area contributed by atoms with Crippen LogP contribution in [0.5, 0.6) is 5.88 Å². The summed E-state index contributed by atoms with van der Waals surface area (Å²) in [6, 6.07) is 4.84. The Kier molecular flexibility index (Phi) is 6.42. The number of hydrogen-bond acceptors (Lipinski definition) is 7. The molecule has 1 atom stereocenters. The molecule has 0 fully saturated rings. The minimum absolute atomic E-state index is 0.0355. The standard InChI is InChI=1S/C22H24FN5O4/c1-3-18-21(30)27-17-9-13(10-25-22(17)32-18)11-28-8-7-14(12-31-28)15-5-6-16(26-19(15)23)20(29)24-4-2/h5-7,9-10,18H,3-4,8,11-12H2,1-2H3,(H,24,29)(H,27,30).